The second-order valence-corrected chi connectivity index (χ2v) is 7.75. The summed E-state index contributed by atoms with van der Waals surface area (Å²) < 4.78 is 1.82. The molecule has 0 saturated heterocycles. The van der Waals surface area contributed by atoms with Gasteiger partial charge in [0.2, 0.25) is 0 Å². The molecule has 2 amide bonds. The molecule has 7 nitrogen and oxygen atoms in total. The van der Waals surface area contributed by atoms with E-state index in [4.69, 9.17) is 0 Å². The fourth-order valence-electron chi connectivity index (χ4n) is 3.14. The summed E-state index contributed by atoms with van der Waals surface area (Å²) in [6.07, 6.45) is 8.51. The van der Waals surface area contributed by atoms with Crippen molar-refractivity contribution in [3.8, 4) is 0 Å². The van der Waals surface area contributed by atoms with Crippen LogP contribution >= 0.6 is 11.3 Å². The van der Waals surface area contributed by atoms with E-state index >= 15 is 0 Å². The lowest BCUT2D eigenvalue weighted by Crippen LogP contribution is -2.35. The highest BCUT2D eigenvalue weighted by atomic mass is 32.1. The van der Waals surface area contributed by atoms with E-state index < -0.39 is 0 Å². The third-order valence-electron chi connectivity index (χ3n) is 4.58. The average Bonchev–Trinajstić information content (AvgIpc) is 3.26. The summed E-state index contributed by atoms with van der Waals surface area (Å²) in [4.78, 5) is 14.8. The highest BCUT2D eigenvalue weighted by Gasteiger charge is 2.27. The number of hydrogen-bond acceptors (Lipinski definition) is 5. The van der Waals surface area contributed by atoms with Gasteiger partial charge in [-0.25, -0.2) is 9.48 Å². The molecule has 0 aromatic carbocycles. The van der Waals surface area contributed by atoms with E-state index in [1.165, 1.54) is 47.4 Å². The molecule has 2 aromatic rings. The third-order valence-corrected chi connectivity index (χ3v) is 5.82. The number of aromatic nitrogens is 4. The Labute approximate surface area is 144 Å². The van der Waals surface area contributed by atoms with Gasteiger partial charge >= 0.3 is 6.03 Å². The van der Waals surface area contributed by atoms with Crippen molar-refractivity contribution < 1.29 is 4.79 Å². The number of carbonyl (C=O) groups is 1. The summed E-state index contributed by atoms with van der Waals surface area (Å²) in [5.74, 6) is 0.718. The second-order valence-electron chi connectivity index (χ2n) is 6.53. The molecule has 1 saturated carbocycles. The predicted octanol–water partition coefficient (Wildman–Crippen LogP) is 2.34. The zero-order valence-electron chi connectivity index (χ0n) is 13.6. The van der Waals surface area contributed by atoms with Gasteiger partial charge < -0.3 is 10.6 Å². The number of thiophene rings is 1. The Morgan fingerprint density at radius 1 is 1.21 bits per heavy atom. The topological polar surface area (TPSA) is 84.7 Å². The molecule has 128 valence electrons. The summed E-state index contributed by atoms with van der Waals surface area (Å²) in [7, 11) is 0. The number of aryl methyl sites for hydroxylation is 2. The quantitative estimate of drug-likeness (QED) is 0.814. The van der Waals surface area contributed by atoms with Crippen molar-refractivity contribution >= 4 is 17.4 Å². The lowest BCUT2D eigenvalue weighted by Gasteiger charge is -2.06. The Bertz CT molecular complexity index is 696. The van der Waals surface area contributed by atoms with Gasteiger partial charge in [0.05, 0.1) is 19.1 Å². The number of nitrogens with zero attached hydrogens (tertiary/aromatic N) is 4. The molecule has 8 heteroatoms. The molecule has 1 fully saturated rings. The van der Waals surface area contributed by atoms with E-state index in [-0.39, 0.29) is 6.03 Å². The van der Waals surface area contributed by atoms with Crippen LogP contribution in [0.3, 0.4) is 0 Å². The predicted molar refractivity (Wildman–Crippen MR) is 90.7 cm³/mol. The van der Waals surface area contributed by atoms with Gasteiger partial charge in [0, 0.05) is 9.75 Å². The summed E-state index contributed by atoms with van der Waals surface area (Å²) in [5.41, 5.74) is 1.48. The van der Waals surface area contributed by atoms with Crippen LogP contribution in [0.15, 0.2) is 6.07 Å². The van der Waals surface area contributed by atoms with Crippen LogP contribution in [0, 0.1) is 0 Å². The van der Waals surface area contributed by atoms with Gasteiger partial charge in [-0.2, -0.15) is 0 Å². The standard InChI is InChI=1S/C16H22N6OS/c23-16(18-10-15-19-20-21-22(15)12-6-7-12)17-9-13-8-11-4-2-1-3-5-14(11)24-13/h8,12H,1-7,9-10H2,(H2,17,18,23). The number of hydrogen-bond donors (Lipinski definition) is 2. The Hall–Kier alpha value is -1.96. The Kier molecular flexibility index (Phi) is 4.46. The molecule has 4 rings (SSSR count). The molecular formula is C16H22N6OS. The van der Waals surface area contributed by atoms with Crippen LogP contribution in [-0.2, 0) is 25.9 Å². The van der Waals surface area contributed by atoms with Crippen LogP contribution in [-0.4, -0.2) is 26.2 Å². The number of nitrogens with one attached hydrogen (secondary N) is 2. The van der Waals surface area contributed by atoms with Crippen LogP contribution in [0.1, 0.15) is 59.3 Å². The number of fused-ring (bicyclic) bond motifs is 1. The SMILES string of the molecule is O=C(NCc1cc2c(s1)CCCCC2)NCc1nnnn1C1CC1. The maximum atomic E-state index is 12.0. The lowest BCUT2D eigenvalue weighted by atomic mass is 10.1. The number of amides is 2. The van der Waals surface area contributed by atoms with E-state index in [1.54, 1.807) is 0 Å². The Balaban J connectivity index is 1.26. The minimum atomic E-state index is -0.177. The molecule has 0 atom stereocenters. The molecule has 0 radical (unpaired) electrons. The van der Waals surface area contributed by atoms with E-state index in [9.17, 15) is 4.79 Å². The molecule has 2 heterocycles. The molecule has 0 aliphatic heterocycles. The first-order chi connectivity index (χ1) is 11.8. The minimum absolute atomic E-state index is 0.177. The second kappa shape index (κ2) is 6.88. The van der Waals surface area contributed by atoms with E-state index in [0.29, 0.717) is 19.1 Å². The minimum Gasteiger partial charge on any atom is -0.333 e. The van der Waals surface area contributed by atoms with Gasteiger partial charge in [0.1, 0.15) is 0 Å². The summed E-state index contributed by atoms with van der Waals surface area (Å²) in [5, 5.41) is 17.4. The highest BCUT2D eigenvalue weighted by molar-refractivity contribution is 7.12. The van der Waals surface area contributed by atoms with Crippen LogP contribution in [0.5, 0.6) is 0 Å². The van der Waals surface area contributed by atoms with Gasteiger partial charge in [-0.1, -0.05) is 6.42 Å². The van der Waals surface area contributed by atoms with Crippen LogP contribution < -0.4 is 10.6 Å². The van der Waals surface area contributed by atoms with Crippen molar-refractivity contribution in [3.63, 3.8) is 0 Å². The summed E-state index contributed by atoms with van der Waals surface area (Å²) >= 11 is 1.84. The Morgan fingerprint density at radius 2 is 2.04 bits per heavy atom. The zero-order valence-corrected chi connectivity index (χ0v) is 14.4. The molecule has 24 heavy (non-hydrogen) atoms. The first-order valence-electron chi connectivity index (χ1n) is 8.68. The number of urea groups is 1. The molecule has 2 aliphatic carbocycles. The van der Waals surface area contributed by atoms with Crippen LogP contribution in [0.2, 0.25) is 0 Å². The first kappa shape index (κ1) is 15.6. The van der Waals surface area contributed by atoms with E-state index in [1.807, 2.05) is 16.0 Å². The smallest absolute Gasteiger partial charge is 0.315 e. The molecule has 0 spiro atoms. The summed E-state index contributed by atoms with van der Waals surface area (Å²) in [6.45, 7) is 0.938. The lowest BCUT2D eigenvalue weighted by molar-refractivity contribution is 0.239. The van der Waals surface area contributed by atoms with Crippen molar-refractivity contribution in [3.05, 3.63) is 27.2 Å². The highest BCUT2D eigenvalue weighted by Crippen LogP contribution is 2.34. The molecular weight excluding hydrogens is 324 g/mol. The van der Waals surface area contributed by atoms with Gasteiger partial charge in [0.25, 0.3) is 0 Å². The van der Waals surface area contributed by atoms with Crippen molar-refractivity contribution in [2.45, 2.75) is 64.1 Å². The fraction of sp³-hybridized carbons (Fsp3) is 0.625. The number of tetrazole rings is 1. The normalized spacial score (nSPS) is 17.2. The zero-order chi connectivity index (χ0) is 16.4. The van der Waals surface area contributed by atoms with E-state index in [0.717, 1.165) is 18.7 Å². The molecule has 0 bridgehead atoms. The average molecular weight is 346 g/mol. The van der Waals surface area contributed by atoms with Gasteiger partial charge in [-0.05, 0) is 60.6 Å². The summed E-state index contributed by atoms with van der Waals surface area (Å²) in [6, 6.07) is 2.50. The maximum Gasteiger partial charge on any atom is 0.315 e. The van der Waals surface area contributed by atoms with Crippen LogP contribution in [0.25, 0.3) is 0 Å². The fourth-order valence-corrected chi connectivity index (χ4v) is 4.34. The van der Waals surface area contributed by atoms with Gasteiger partial charge in [0.15, 0.2) is 5.82 Å². The molecule has 0 unspecified atom stereocenters. The molecule has 2 N–H and O–H groups in total. The van der Waals surface area contributed by atoms with Crippen LogP contribution in [0.4, 0.5) is 4.79 Å². The van der Waals surface area contributed by atoms with Crippen molar-refractivity contribution in [1.29, 1.82) is 0 Å². The number of carbonyl (C=O) groups excluding carboxylic acids is 1. The van der Waals surface area contributed by atoms with Gasteiger partial charge in [-0.15, -0.1) is 16.4 Å². The maximum absolute atomic E-state index is 12.0. The van der Waals surface area contributed by atoms with Crippen molar-refractivity contribution in [2.24, 2.45) is 0 Å². The number of rotatable bonds is 5. The van der Waals surface area contributed by atoms with E-state index in [2.05, 4.69) is 32.2 Å². The Morgan fingerprint density at radius 3 is 2.92 bits per heavy atom. The van der Waals surface area contributed by atoms with Crippen molar-refractivity contribution in [1.82, 2.24) is 30.8 Å². The monoisotopic (exact) mass is 346 g/mol. The largest absolute Gasteiger partial charge is 0.333 e. The molecule has 2 aromatic heterocycles. The van der Waals surface area contributed by atoms with Gasteiger partial charge in [-0.3, -0.25) is 0 Å². The first-order valence-corrected chi connectivity index (χ1v) is 9.50. The molecule has 2 aliphatic rings. The third kappa shape index (κ3) is 3.58. The van der Waals surface area contributed by atoms with Crippen molar-refractivity contribution in [2.75, 3.05) is 0 Å².